The van der Waals surface area contributed by atoms with Gasteiger partial charge in [-0.2, -0.15) is 0 Å². The third-order valence-electron chi connectivity index (χ3n) is 3.71. The van der Waals surface area contributed by atoms with Gasteiger partial charge in [-0.05, 0) is 25.0 Å². The first-order valence-corrected chi connectivity index (χ1v) is 7.72. The number of nitrogens with zero attached hydrogens (tertiary/aromatic N) is 2. The second-order valence-electron chi connectivity index (χ2n) is 5.31. The fourth-order valence-corrected chi connectivity index (χ4v) is 2.78. The molecule has 22 heavy (non-hydrogen) atoms. The zero-order chi connectivity index (χ0) is 15.4. The van der Waals surface area contributed by atoms with Gasteiger partial charge in [-0.1, -0.05) is 29.8 Å². The van der Waals surface area contributed by atoms with Crippen LogP contribution in [0, 0.1) is 0 Å². The van der Waals surface area contributed by atoms with E-state index in [2.05, 4.69) is 4.98 Å². The summed E-state index contributed by atoms with van der Waals surface area (Å²) in [6.45, 7) is 1.34. The van der Waals surface area contributed by atoms with Crippen molar-refractivity contribution in [1.82, 2.24) is 9.88 Å². The monoisotopic (exact) mass is 316 g/mol. The van der Waals surface area contributed by atoms with Gasteiger partial charge in [0.2, 0.25) is 0 Å². The van der Waals surface area contributed by atoms with Gasteiger partial charge < -0.3 is 9.64 Å². The number of hydrogen-bond donors (Lipinski definition) is 0. The van der Waals surface area contributed by atoms with E-state index in [1.165, 1.54) is 0 Å². The molecule has 1 aliphatic heterocycles. The molecule has 5 heteroatoms. The lowest BCUT2D eigenvalue weighted by Crippen LogP contribution is -2.44. The summed E-state index contributed by atoms with van der Waals surface area (Å²) in [5.41, 5.74) is 0.713. The summed E-state index contributed by atoms with van der Waals surface area (Å²) in [6, 6.07) is 11.1. The van der Waals surface area contributed by atoms with Gasteiger partial charge in [-0.3, -0.25) is 9.78 Å². The van der Waals surface area contributed by atoms with Crippen molar-refractivity contribution in [2.45, 2.75) is 18.9 Å². The number of carbonyl (C=O) groups is 1. The SMILES string of the molecule is O=C(c1ccccc1)N1CCCC(Oc2ccncc2Cl)C1. The fourth-order valence-electron chi connectivity index (χ4n) is 2.62. The lowest BCUT2D eigenvalue weighted by molar-refractivity contribution is 0.0538. The third-order valence-corrected chi connectivity index (χ3v) is 4.00. The van der Waals surface area contributed by atoms with Crippen LogP contribution >= 0.6 is 11.6 Å². The number of hydrogen-bond acceptors (Lipinski definition) is 3. The highest BCUT2D eigenvalue weighted by atomic mass is 35.5. The molecule has 1 atom stereocenters. The zero-order valence-corrected chi connectivity index (χ0v) is 12.9. The fraction of sp³-hybridized carbons (Fsp3) is 0.294. The number of pyridine rings is 1. The Hall–Kier alpha value is -2.07. The highest BCUT2D eigenvalue weighted by Gasteiger charge is 2.26. The van der Waals surface area contributed by atoms with Crippen LogP contribution in [-0.2, 0) is 0 Å². The van der Waals surface area contributed by atoms with Gasteiger partial charge in [0.15, 0.2) is 0 Å². The molecule has 1 aromatic heterocycles. The molecule has 1 aliphatic rings. The standard InChI is InChI=1S/C17H17ClN2O2/c18-15-11-19-9-8-16(15)22-14-7-4-10-20(12-14)17(21)13-5-2-1-3-6-13/h1-3,5-6,8-9,11,14H,4,7,10,12H2. The second kappa shape index (κ2) is 6.79. The summed E-state index contributed by atoms with van der Waals surface area (Å²) in [6.07, 6.45) is 5.01. The molecule has 1 amide bonds. The molecular formula is C17H17ClN2O2. The molecule has 2 aromatic rings. The van der Waals surface area contributed by atoms with E-state index < -0.39 is 0 Å². The average molecular weight is 317 g/mol. The maximum Gasteiger partial charge on any atom is 0.253 e. The summed E-state index contributed by atoms with van der Waals surface area (Å²) in [4.78, 5) is 18.3. The van der Waals surface area contributed by atoms with Crippen LogP contribution in [0.25, 0.3) is 0 Å². The van der Waals surface area contributed by atoms with Crippen molar-refractivity contribution in [3.8, 4) is 5.75 Å². The number of aromatic nitrogens is 1. The van der Waals surface area contributed by atoms with Crippen molar-refractivity contribution in [2.24, 2.45) is 0 Å². The maximum absolute atomic E-state index is 12.5. The molecule has 4 nitrogen and oxygen atoms in total. The van der Waals surface area contributed by atoms with Crippen molar-refractivity contribution in [2.75, 3.05) is 13.1 Å². The van der Waals surface area contributed by atoms with Gasteiger partial charge in [-0.15, -0.1) is 0 Å². The van der Waals surface area contributed by atoms with Gasteiger partial charge in [0.05, 0.1) is 6.54 Å². The summed E-state index contributed by atoms with van der Waals surface area (Å²) in [5.74, 6) is 0.672. The van der Waals surface area contributed by atoms with Gasteiger partial charge in [0.1, 0.15) is 16.9 Å². The minimum absolute atomic E-state index is 0.0405. The van der Waals surface area contributed by atoms with E-state index in [9.17, 15) is 4.79 Å². The van der Waals surface area contributed by atoms with E-state index in [0.717, 1.165) is 19.4 Å². The molecule has 1 fully saturated rings. The summed E-state index contributed by atoms with van der Waals surface area (Å²) in [7, 11) is 0. The van der Waals surface area contributed by atoms with E-state index in [1.807, 2.05) is 35.2 Å². The molecule has 0 spiro atoms. The highest BCUT2D eigenvalue weighted by Crippen LogP contribution is 2.26. The number of amides is 1. The van der Waals surface area contributed by atoms with E-state index in [-0.39, 0.29) is 12.0 Å². The Morgan fingerprint density at radius 1 is 1.27 bits per heavy atom. The molecule has 114 valence electrons. The third kappa shape index (κ3) is 3.39. The Kier molecular flexibility index (Phi) is 4.59. The van der Waals surface area contributed by atoms with Crippen LogP contribution in [0.2, 0.25) is 5.02 Å². The minimum Gasteiger partial charge on any atom is -0.487 e. The number of rotatable bonds is 3. The molecule has 0 saturated carbocycles. The van der Waals surface area contributed by atoms with Crippen LogP contribution in [0.5, 0.6) is 5.75 Å². The van der Waals surface area contributed by atoms with E-state index in [4.69, 9.17) is 16.3 Å². The molecule has 0 bridgehead atoms. The lowest BCUT2D eigenvalue weighted by Gasteiger charge is -2.33. The first-order chi connectivity index (χ1) is 10.7. The minimum atomic E-state index is -0.0405. The summed E-state index contributed by atoms with van der Waals surface area (Å²) < 4.78 is 5.94. The average Bonchev–Trinajstić information content (AvgIpc) is 2.57. The van der Waals surface area contributed by atoms with Crippen LogP contribution < -0.4 is 4.74 Å². The zero-order valence-electron chi connectivity index (χ0n) is 12.1. The molecule has 1 aromatic carbocycles. The van der Waals surface area contributed by atoms with Crippen LogP contribution in [0.3, 0.4) is 0 Å². The normalized spacial score (nSPS) is 18.0. The quantitative estimate of drug-likeness (QED) is 0.871. The first kappa shape index (κ1) is 14.9. The molecule has 1 saturated heterocycles. The number of benzene rings is 1. The van der Waals surface area contributed by atoms with Gasteiger partial charge in [0, 0.05) is 30.6 Å². The largest absolute Gasteiger partial charge is 0.487 e. The smallest absolute Gasteiger partial charge is 0.253 e. The van der Waals surface area contributed by atoms with Crippen LogP contribution in [-0.4, -0.2) is 35.0 Å². The van der Waals surface area contributed by atoms with Gasteiger partial charge in [-0.25, -0.2) is 0 Å². The number of halogens is 1. The predicted molar refractivity (Wildman–Crippen MR) is 85.2 cm³/mol. The molecule has 2 heterocycles. The van der Waals surface area contributed by atoms with Crippen molar-refractivity contribution in [3.05, 3.63) is 59.4 Å². The van der Waals surface area contributed by atoms with Crippen LogP contribution in [0.15, 0.2) is 48.8 Å². The van der Waals surface area contributed by atoms with Crippen molar-refractivity contribution >= 4 is 17.5 Å². The highest BCUT2D eigenvalue weighted by molar-refractivity contribution is 6.31. The Morgan fingerprint density at radius 2 is 2.09 bits per heavy atom. The van der Waals surface area contributed by atoms with E-state index >= 15 is 0 Å². The second-order valence-corrected chi connectivity index (χ2v) is 5.71. The Bertz CT molecular complexity index is 648. The summed E-state index contributed by atoms with van der Waals surface area (Å²) >= 11 is 6.07. The maximum atomic E-state index is 12.5. The van der Waals surface area contributed by atoms with Gasteiger partial charge >= 0.3 is 0 Å². The first-order valence-electron chi connectivity index (χ1n) is 7.34. The molecular weight excluding hydrogens is 300 g/mol. The molecule has 1 unspecified atom stereocenters. The molecule has 0 N–H and O–H groups in total. The number of likely N-dealkylation sites (tertiary alicyclic amines) is 1. The van der Waals surface area contributed by atoms with Crippen molar-refractivity contribution in [1.29, 1.82) is 0 Å². The number of ether oxygens (including phenoxy) is 1. The van der Waals surface area contributed by atoms with Crippen LogP contribution in [0.4, 0.5) is 0 Å². The van der Waals surface area contributed by atoms with Crippen molar-refractivity contribution in [3.63, 3.8) is 0 Å². The number of piperidine rings is 1. The van der Waals surface area contributed by atoms with Crippen LogP contribution in [0.1, 0.15) is 23.2 Å². The molecule has 0 aliphatic carbocycles. The lowest BCUT2D eigenvalue weighted by atomic mass is 10.1. The van der Waals surface area contributed by atoms with E-state index in [0.29, 0.717) is 22.9 Å². The molecule has 0 radical (unpaired) electrons. The number of carbonyl (C=O) groups excluding carboxylic acids is 1. The van der Waals surface area contributed by atoms with Crippen molar-refractivity contribution < 1.29 is 9.53 Å². The predicted octanol–water partition coefficient (Wildman–Crippen LogP) is 3.42. The van der Waals surface area contributed by atoms with E-state index in [1.54, 1.807) is 18.5 Å². The Labute approximate surface area is 134 Å². The Morgan fingerprint density at radius 3 is 2.86 bits per heavy atom. The topological polar surface area (TPSA) is 42.4 Å². The molecule has 3 rings (SSSR count). The van der Waals surface area contributed by atoms with Gasteiger partial charge in [0.25, 0.3) is 5.91 Å². The summed E-state index contributed by atoms with van der Waals surface area (Å²) in [5, 5.41) is 0.494. The Balaban J connectivity index is 1.67.